The number of amides is 1. The van der Waals surface area contributed by atoms with Crippen molar-refractivity contribution >= 4 is 22.8 Å². The van der Waals surface area contributed by atoms with Gasteiger partial charge in [-0.05, 0) is 42.8 Å². The third-order valence-corrected chi connectivity index (χ3v) is 4.10. The number of carbonyl (C=O) groups excluding carboxylic acids is 1. The Labute approximate surface area is 122 Å². The number of carbonyl (C=O) groups is 2. The van der Waals surface area contributed by atoms with Gasteiger partial charge >= 0.3 is 5.97 Å². The Morgan fingerprint density at radius 2 is 2.14 bits per heavy atom. The molecule has 5 heteroatoms. The van der Waals surface area contributed by atoms with E-state index < -0.39 is 5.97 Å². The number of nitrogens with zero attached hydrogens (tertiary/aromatic N) is 1. The number of nitrogens with one attached hydrogen (secondary N) is 1. The number of H-pyrrole nitrogens is 1. The van der Waals surface area contributed by atoms with Crippen LogP contribution < -0.4 is 0 Å². The average molecular weight is 286 g/mol. The Hall–Kier alpha value is -2.30. The van der Waals surface area contributed by atoms with Crippen LogP contribution in [-0.2, 0) is 4.79 Å². The first-order chi connectivity index (χ1) is 10.1. The number of benzene rings is 1. The van der Waals surface area contributed by atoms with Crippen molar-refractivity contribution in [2.45, 2.75) is 31.7 Å². The second kappa shape index (κ2) is 5.60. The summed E-state index contributed by atoms with van der Waals surface area (Å²) < 4.78 is 0. The Bertz CT molecular complexity index is 677. The number of aromatic nitrogens is 1. The second-order valence-electron chi connectivity index (χ2n) is 5.53. The van der Waals surface area contributed by atoms with Gasteiger partial charge in [-0.25, -0.2) is 0 Å². The molecule has 0 radical (unpaired) electrons. The minimum Gasteiger partial charge on any atom is -0.481 e. The molecule has 1 unspecified atom stereocenters. The zero-order chi connectivity index (χ0) is 14.8. The number of aliphatic carboxylic acids is 1. The van der Waals surface area contributed by atoms with Crippen molar-refractivity contribution in [3.8, 4) is 0 Å². The normalized spacial score (nSPS) is 18.9. The molecule has 3 rings (SSSR count). The molecule has 1 aromatic carbocycles. The fourth-order valence-electron chi connectivity index (χ4n) is 3.03. The van der Waals surface area contributed by atoms with Crippen LogP contribution in [0.4, 0.5) is 0 Å². The monoisotopic (exact) mass is 286 g/mol. The zero-order valence-corrected chi connectivity index (χ0v) is 11.7. The summed E-state index contributed by atoms with van der Waals surface area (Å²) in [5.41, 5.74) is 1.54. The van der Waals surface area contributed by atoms with Crippen molar-refractivity contribution in [3.05, 3.63) is 36.0 Å². The lowest BCUT2D eigenvalue weighted by molar-refractivity contribution is -0.138. The minimum atomic E-state index is -0.848. The van der Waals surface area contributed by atoms with E-state index in [4.69, 9.17) is 5.11 Å². The summed E-state index contributed by atoms with van der Waals surface area (Å²) in [6, 6.07) is 7.32. The molecule has 2 N–H and O–H groups in total. The minimum absolute atomic E-state index is 0.0243. The van der Waals surface area contributed by atoms with E-state index in [9.17, 15) is 9.59 Å². The molecule has 1 aliphatic heterocycles. The first-order valence-corrected chi connectivity index (χ1v) is 7.25. The van der Waals surface area contributed by atoms with Crippen LogP contribution in [0.1, 0.15) is 36.0 Å². The maximum absolute atomic E-state index is 12.7. The molecule has 2 aromatic rings. The first-order valence-electron chi connectivity index (χ1n) is 7.25. The molecule has 1 saturated heterocycles. The van der Waals surface area contributed by atoms with Gasteiger partial charge in [0, 0.05) is 29.9 Å². The molecular formula is C16H18N2O3. The van der Waals surface area contributed by atoms with E-state index in [1.54, 1.807) is 4.90 Å². The van der Waals surface area contributed by atoms with Gasteiger partial charge in [-0.3, -0.25) is 9.59 Å². The number of aromatic amines is 1. The van der Waals surface area contributed by atoms with E-state index in [2.05, 4.69) is 4.98 Å². The number of likely N-dealkylation sites (tertiary alicyclic amines) is 1. The summed E-state index contributed by atoms with van der Waals surface area (Å²) in [7, 11) is 0. The summed E-state index contributed by atoms with van der Waals surface area (Å²) in [5.74, 6) is -0.919. The quantitative estimate of drug-likeness (QED) is 0.911. The largest absolute Gasteiger partial charge is 0.481 e. The summed E-state index contributed by atoms with van der Waals surface area (Å²) in [6.45, 7) is 0.638. The molecule has 1 aromatic heterocycles. The molecule has 5 nitrogen and oxygen atoms in total. The summed E-state index contributed by atoms with van der Waals surface area (Å²) in [4.78, 5) is 28.5. The van der Waals surface area contributed by atoms with Crippen LogP contribution in [0, 0.1) is 0 Å². The number of hydrogen-bond donors (Lipinski definition) is 2. The number of hydrogen-bond acceptors (Lipinski definition) is 2. The SMILES string of the molecule is O=C(O)CC1CCCCN1C(=O)c1ccc2cc[nH]c2c1. The van der Waals surface area contributed by atoms with Gasteiger partial charge in [-0.1, -0.05) is 6.07 Å². The Balaban J connectivity index is 1.85. The molecule has 1 fully saturated rings. The van der Waals surface area contributed by atoms with Crippen molar-refractivity contribution < 1.29 is 14.7 Å². The van der Waals surface area contributed by atoms with Crippen LogP contribution in [0.15, 0.2) is 30.5 Å². The highest BCUT2D eigenvalue weighted by molar-refractivity contribution is 5.98. The maximum atomic E-state index is 12.7. The maximum Gasteiger partial charge on any atom is 0.305 e. The van der Waals surface area contributed by atoms with Gasteiger partial charge < -0.3 is 15.0 Å². The van der Waals surface area contributed by atoms with Crippen molar-refractivity contribution in [2.75, 3.05) is 6.54 Å². The van der Waals surface area contributed by atoms with E-state index in [1.807, 2.05) is 30.5 Å². The highest BCUT2D eigenvalue weighted by Gasteiger charge is 2.29. The van der Waals surface area contributed by atoms with Gasteiger partial charge in [-0.2, -0.15) is 0 Å². The second-order valence-corrected chi connectivity index (χ2v) is 5.53. The van der Waals surface area contributed by atoms with Crippen LogP contribution in [0.25, 0.3) is 10.9 Å². The number of carboxylic acid groups (broad SMARTS) is 1. The third-order valence-electron chi connectivity index (χ3n) is 4.10. The molecule has 1 aliphatic rings. The fraction of sp³-hybridized carbons (Fsp3) is 0.375. The topological polar surface area (TPSA) is 73.4 Å². The molecule has 0 aliphatic carbocycles. The highest BCUT2D eigenvalue weighted by Crippen LogP contribution is 2.23. The van der Waals surface area contributed by atoms with Crippen LogP contribution in [0.2, 0.25) is 0 Å². The predicted octanol–water partition coefficient (Wildman–Crippen LogP) is 2.64. The standard InChI is InChI=1S/C16H18N2O3/c19-15(20)10-13-3-1-2-8-18(13)16(21)12-5-4-11-6-7-17-14(11)9-12/h4-7,9,13,17H,1-3,8,10H2,(H,19,20). The van der Waals surface area contributed by atoms with Crippen molar-refractivity contribution in [3.63, 3.8) is 0 Å². The van der Waals surface area contributed by atoms with Gasteiger partial charge in [0.05, 0.1) is 6.42 Å². The number of fused-ring (bicyclic) bond motifs is 1. The fourth-order valence-corrected chi connectivity index (χ4v) is 3.03. The molecule has 1 amide bonds. The van der Waals surface area contributed by atoms with E-state index in [-0.39, 0.29) is 18.4 Å². The molecular weight excluding hydrogens is 268 g/mol. The Morgan fingerprint density at radius 1 is 1.29 bits per heavy atom. The Kier molecular flexibility index (Phi) is 3.64. The van der Waals surface area contributed by atoms with Crippen molar-refractivity contribution in [2.24, 2.45) is 0 Å². The highest BCUT2D eigenvalue weighted by atomic mass is 16.4. The lowest BCUT2D eigenvalue weighted by atomic mass is 9.98. The van der Waals surface area contributed by atoms with Crippen LogP contribution in [0.3, 0.4) is 0 Å². The molecule has 0 saturated carbocycles. The lowest BCUT2D eigenvalue weighted by Crippen LogP contribution is -2.44. The summed E-state index contributed by atoms with van der Waals surface area (Å²) in [5, 5.41) is 10.1. The number of rotatable bonds is 3. The van der Waals surface area contributed by atoms with E-state index in [1.165, 1.54) is 0 Å². The van der Waals surface area contributed by atoms with Gasteiger partial charge in [0.25, 0.3) is 5.91 Å². The summed E-state index contributed by atoms with van der Waals surface area (Å²) >= 11 is 0. The zero-order valence-electron chi connectivity index (χ0n) is 11.7. The van der Waals surface area contributed by atoms with Crippen molar-refractivity contribution in [1.82, 2.24) is 9.88 Å². The van der Waals surface area contributed by atoms with Gasteiger partial charge in [0.15, 0.2) is 0 Å². The lowest BCUT2D eigenvalue weighted by Gasteiger charge is -2.35. The van der Waals surface area contributed by atoms with E-state index >= 15 is 0 Å². The molecule has 21 heavy (non-hydrogen) atoms. The Morgan fingerprint density at radius 3 is 2.95 bits per heavy atom. The van der Waals surface area contributed by atoms with Crippen LogP contribution >= 0.6 is 0 Å². The van der Waals surface area contributed by atoms with Gasteiger partial charge in [0.1, 0.15) is 0 Å². The van der Waals surface area contributed by atoms with E-state index in [0.717, 1.165) is 30.2 Å². The van der Waals surface area contributed by atoms with Gasteiger partial charge in [-0.15, -0.1) is 0 Å². The molecule has 110 valence electrons. The van der Waals surface area contributed by atoms with Crippen LogP contribution in [-0.4, -0.2) is 39.5 Å². The number of carboxylic acids is 1. The third kappa shape index (κ3) is 2.77. The van der Waals surface area contributed by atoms with Crippen molar-refractivity contribution in [1.29, 1.82) is 0 Å². The first kappa shape index (κ1) is 13.7. The average Bonchev–Trinajstić information content (AvgIpc) is 2.94. The predicted molar refractivity (Wildman–Crippen MR) is 79.2 cm³/mol. The molecule has 0 bridgehead atoms. The van der Waals surface area contributed by atoms with Gasteiger partial charge in [0.2, 0.25) is 0 Å². The molecule has 0 spiro atoms. The summed E-state index contributed by atoms with van der Waals surface area (Å²) in [6.07, 6.45) is 4.55. The number of piperidine rings is 1. The molecule has 2 heterocycles. The smallest absolute Gasteiger partial charge is 0.305 e. The van der Waals surface area contributed by atoms with E-state index in [0.29, 0.717) is 12.1 Å². The van der Waals surface area contributed by atoms with Crippen LogP contribution in [0.5, 0.6) is 0 Å². The molecule has 1 atom stereocenters.